The molecule has 3 heterocycles. The Bertz CT molecular complexity index is 1390. The predicted molar refractivity (Wildman–Crippen MR) is 121 cm³/mol. The second kappa shape index (κ2) is 9.04. The third kappa shape index (κ3) is 4.32. The minimum absolute atomic E-state index is 0.121. The zero-order valence-corrected chi connectivity index (χ0v) is 18.1. The van der Waals surface area contributed by atoms with Crippen molar-refractivity contribution < 1.29 is 18.3 Å². The Morgan fingerprint density at radius 2 is 1.94 bits per heavy atom. The highest BCUT2D eigenvalue weighted by Crippen LogP contribution is 2.43. The maximum Gasteiger partial charge on any atom is 0.188 e. The molecule has 0 saturated heterocycles. The summed E-state index contributed by atoms with van der Waals surface area (Å²) in [6, 6.07) is 17.3. The highest BCUT2D eigenvalue weighted by molar-refractivity contribution is 7.99. The molecule has 0 spiro atoms. The van der Waals surface area contributed by atoms with Gasteiger partial charge in [-0.2, -0.15) is 5.26 Å². The van der Waals surface area contributed by atoms with Crippen LogP contribution in [0.1, 0.15) is 28.0 Å². The second-order valence-corrected chi connectivity index (χ2v) is 8.49. The molecule has 0 aliphatic carbocycles. The van der Waals surface area contributed by atoms with Crippen LogP contribution in [0, 0.1) is 23.0 Å². The lowest BCUT2D eigenvalue weighted by Crippen LogP contribution is -2.08. The maximum absolute atomic E-state index is 13.6. The van der Waals surface area contributed by atoms with Crippen molar-refractivity contribution >= 4 is 22.7 Å². The van der Waals surface area contributed by atoms with Crippen molar-refractivity contribution in [2.45, 2.75) is 18.5 Å². The minimum Gasteiger partial charge on any atom is -0.483 e. The quantitative estimate of drug-likeness (QED) is 0.378. The molecular weight excluding hydrogens is 444 g/mol. The molecule has 5 nitrogen and oxygen atoms in total. The first-order valence-corrected chi connectivity index (χ1v) is 11.3. The number of benzene rings is 2. The van der Waals surface area contributed by atoms with Gasteiger partial charge >= 0.3 is 0 Å². The maximum atomic E-state index is 13.6. The molecule has 1 unspecified atom stereocenters. The number of hydrogen-bond donors (Lipinski definition) is 0. The lowest BCUT2D eigenvalue weighted by atomic mass is 10.0. The summed E-state index contributed by atoms with van der Waals surface area (Å²) < 4.78 is 39.4. The van der Waals surface area contributed by atoms with Gasteiger partial charge in [0, 0.05) is 29.6 Å². The Morgan fingerprint density at radius 3 is 2.82 bits per heavy atom. The van der Waals surface area contributed by atoms with E-state index in [2.05, 4.69) is 16.0 Å². The van der Waals surface area contributed by atoms with Crippen molar-refractivity contribution in [3.8, 4) is 17.6 Å². The van der Waals surface area contributed by atoms with Gasteiger partial charge in [0.05, 0.1) is 28.7 Å². The minimum atomic E-state index is -0.941. The number of halogens is 2. The van der Waals surface area contributed by atoms with E-state index >= 15 is 0 Å². The van der Waals surface area contributed by atoms with Crippen LogP contribution in [0.15, 0.2) is 60.8 Å². The zero-order chi connectivity index (χ0) is 22.8. The Morgan fingerprint density at radius 1 is 1.09 bits per heavy atom. The number of nitriles is 1. The van der Waals surface area contributed by atoms with Gasteiger partial charge in [-0.15, -0.1) is 0 Å². The van der Waals surface area contributed by atoms with Crippen molar-refractivity contribution in [2.75, 3.05) is 5.75 Å². The summed E-state index contributed by atoms with van der Waals surface area (Å²) in [4.78, 5) is 8.89. The average Bonchev–Trinajstić information content (AvgIpc) is 2.99. The number of pyridine rings is 2. The van der Waals surface area contributed by atoms with E-state index in [-0.39, 0.29) is 12.4 Å². The molecule has 8 heteroatoms. The van der Waals surface area contributed by atoms with Crippen LogP contribution < -0.4 is 9.47 Å². The molecule has 2 aromatic carbocycles. The summed E-state index contributed by atoms with van der Waals surface area (Å²) in [6.45, 7) is 0.121. The Labute approximate surface area is 193 Å². The number of rotatable bonds is 5. The fourth-order valence-electron chi connectivity index (χ4n) is 3.75. The lowest BCUT2D eigenvalue weighted by molar-refractivity contribution is 0.247. The fourth-order valence-corrected chi connectivity index (χ4v) is 4.51. The molecule has 4 aromatic rings. The first kappa shape index (κ1) is 21.2. The number of para-hydroxylation sites is 1. The van der Waals surface area contributed by atoms with E-state index in [1.165, 1.54) is 11.8 Å². The monoisotopic (exact) mass is 461 g/mol. The molecule has 0 bridgehead atoms. The van der Waals surface area contributed by atoms with Gasteiger partial charge < -0.3 is 9.47 Å². The molecular formula is C25H17F2N3O2S. The number of thioether (sulfide) groups is 1. The normalized spacial score (nSPS) is 14.5. The molecule has 0 amide bonds. The average molecular weight is 461 g/mol. The van der Waals surface area contributed by atoms with Crippen LogP contribution in [0.2, 0.25) is 0 Å². The molecule has 0 N–H and O–H groups in total. The Kier molecular flexibility index (Phi) is 5.80. The van der Waals surface area contributed by atoms with Crippen molar-refractivity contribution in [1.29, 1.82) is 5.26 Å². The topological polar surface area (TPSA) is 68.0 Å². The number of hydrogen-bond acceptors (Lipinski definition) is 6. The van der Waals surface area contributed by atoms with Crippen molar-refractivity contribution in [3.63, 3.8) is 0 Å². The van der Waals surface area contributed by atoms with Gasteiger partial charge in [0.15, 0.2) is 28.6 Å². The van der Waals surface area contributed by atoms with E-state index in [1.54, 1.807) is 18.3 Å². The van der Waals surface area contributed by atoms with Crippen LogP contribution in [0.5, 0.6) is 11.5 Å². The Hall–Kier alpha value is -3.70. The number of fused-ring (bicyclic) bond motifs is 3. The predicted octanol–water partition coefficient (Wildman–Crippen LogP) is 5.73. The molecule has 5 rings (SSSR count). The smallest absolute Gasteiger partial charge is 0.188 e. The van der Waals surface area contributed by atoms with E-state index < -0.39 is 17.1 Å². The Balaban J connectivity index is 1.43. The van der Waals surface area contributed by atoms with Crippen molar-refractivity contribution in [3.05, 3.63) is 94.9 Å². The number of nitrogens with zero attached hydrogens (tertiary/aromatic N) is 3. The van der Waals surface area contributed by atoms with E-state index in [9.17, 15) is 8.78 Å². The van der Waals surface area contributed by atoms with Crippen LogP contribution in [0.4, 0.5) is 8.78 Å². The molecule has 2 aromatic heterocycles. The van der Waals surface area contributed by atoms with Gasteiger partial charge in [-0.1, -0.05) is 36.0 Å². The van der Waals surface area contributed by atoms with Crippen LogP contribution in [0.3, 0.4) is 0 Å². The SMILES string of the molecule is N#CCSC1Oc2c(cccc2OCc2ccc3cc(F)c(F)cc3n2)Cc2cccnc21. The van der Waals surface area contributed by atoms with Gasteiger partial charge in [-0.25, -0.2) is 13.8 Å². The van der Waals surface area contributed by atoms with Gasteiger partial charge in [0.2, 0.25) is 0 Å². The van der Waals surface area contributed by atoms with Crippen LogP contribution in [-0.4, -0.2) is 15.7 Å². The van der Waals surface area contributed by atoms with Crippen LogP contribution in [-0.2, 0) is 13.0 Å². The van der Waals surface area contributed by atoms with E-state index in [0.29, 0.717) is 34.5 Å². The molecule has 1 atom stereocenters. The summed E-state index contributed by atoms with van der Waals surface area (Å²) in [7, 11) is 0. The summed E-state index contributed by atoms with van der Waals surface area (Å²) in [6.07, 6.45) is 2.34. The molecule has 1 aliphatic rings. The largest absolute Gasteiger partial charge is 0.483 e. The molecule has 33 heavy (non-hydrogen) atoms. The van der Waals surface area contributed by atoms with Crippen LogP contribution >= 0.6 is 11.8 Å². The van der Waals surface area contributed by atoms with Gasteiger partial charge in [-0.05, 0) is 29.8 Å². The van der Waals surface area contributed by atoms with Crippen molar-refractivity contribution in [1.82, 2.24) is 9.97 Å². The molecule has 164 valence electrons. The summed E-state index contributed by atoms with van der Waals surface area (Å²) >= 11 is 1.36. The van der Waals surface area contributed by atoms with E-state index in [0.717, 1.165) is 29.0 Å². The third-order valence-corrected chi connectivity index (χ3v) is 6.20. The van der Waals surface area contributed by atoms with Crippen LogP contribution in [0.25, 0.3) is 10.9 Å². The summed E-state index contributed by atoms with van der Waals surface area (Å²) in [5.41, 5.74) is 3.27. The fraction of sp³-hybridized carbons (Fsp3) is 0.160. The molecule has 0 radical (unpaired) electrons. The lowest BCUT2D eigenvalue weighted by Gasteiger charge is -2.19. The number of ether oxygens (including phenoxy) is 2. The molecule has 0 fully saturated rings. The zero-order valence-electron chi connectivity index (χ0n) is 17.3. The van der Waals surface area contributed by atoms with Gasteiger partial charge in [-0.3, -0.25) is 4.98 Å². The molecule has 1 aliphatic heterocycles. The van der Waals surface area contributed by atoms with Gasteiger partial charge in [0.25, 0.3) is 0 Å². The highest BCUT2D eigenvalue weighted by atomic mass is 32.2. The van der Waals surface area contributed by atoms with E-state index in [4.69, 9.17) is 14.7 Å². The highest BCUT2D eigenvalue weighted by Gasteiger charge is 2.27. The third-order valence-electron chi connectivity index (χ3n) is 5.28. The summed E-state index contributed by atoms with van der Waals surface area (Å²) in [5.74, 6) is -0.451. The van der Waals surface area contributed by atoms with Gasteiger partial charge in [0.1, 0.15) is 6.61 Å². The standard InChI is InChI=1S/C25H17F2N3O2S/c26-19-12-15-6-7-18(30-21(15)13-20(19)27)14-31-22-5-1-3-17-11-16-4-2-9-29-23(16)25(32-24(17)22)33-10-8-28/h1-7,9,12-13,25H,10-11,14H2. The first-order valence-electron chi connectivity index (χ1n) is 10.2. The number of aromatic nitrogens is 2. The van der Waals surface area contributed by atoms with E-state index in [1.807, 2.05) is 30.3 Å². The first-order chi connectivity index (χ1) is 16.1. The second-order valence-electron chi connectivity index (χ2n) is 7.44. The summed E-state index contributed by atoms with van der Waals surface area (Å²) in [5, 5.41) is 9.57. The molecule has 0 saturated carbocycles. The van der Waals surface area contributed by atoms with Crippen molar-refractivity contribution in [2.24, 2.45) is 0 Å².